The van der Waals surface area contributed by atoms with Gasteiger partial charge in [-0.3, -0.25) is 20.1 Å². The second kappa shape index (κ2) is 6.74. The summed E-state index contributed by atoms with van der Waals surface area (Å²) in [7, 11) is 0. The largest absolute Gasteiger partial charge is 0.506 e. The third kappa shape index (κ3) is 2.89. The molecule has 31 heavy (non-hydrogen) atoms. The highest BCUT2D eigenvalue weighted by atomic mass is 16.3. The zero-order valence-corrected chi connectivity index (χ0v) is 16.1. The fourth-order valence-corrected chi connectivity index (χ4v) is 3.70. The van der Waals surface area contributed by atoms with Gasteiger partial charge in [0.05, 0.1) is 22.9 Å². The molecule has 1 aromatic carbocycles. The second-order valence-electron chi connectivity index (χ2n) is 7.12. The van der Waals surface area contributed by atoms with E-state index < -0.39 is 0 Å². The van der Waals surface area contributed by atoms with Gasteiger partial charge in [-0.25, -0.2) is 4.98 Å². The van der Waals surface area contributed by atoms with Crippen molar-refractivity contribution in [1.29, 1.82) is 0 Å². The van der Waals surface area contributed by atoms with Gasteiger partial charge in [0.1, 0.15) is 22.7 Å². The van der Waals surface area contributed by atoms with Gasteiger partial charge in [-0.05, 0) is 42.0 Å². The topological polar surface area (TPSA) is 116 Å². The Hall–Kier alpha value is -4.59. The summed E-state index contributed by atoms with van der Waals surface area (Å²) in [5.41, 5.74) is 6.40. The van der Waals surface area contributed by atoms with Crippen LogP contribution in [-0.2, 0) is 0 Å². The first-order chi connectivity index (χ1) is 15.3. The standard InChI is InChI=1S/C23H15N7O/c31-15-9-14(11-24-12-15)13-4-5-17-16(10-13)20(30-29-17)23-27-19-6-8-26-21(22(19)28-23)18-3-1-2-7-25-18/h1-12,31H,(H,27,28)(H,29,30). The zero-order chi connectivity index (χ0) is 20.8. The number of benzene rings is 1. The number of aromatic nitrogens is 7. The minimum atomic E-state index is 0.122. The number of aromatic amines is 2. The Morgan fingerprint density at radius 2 is 1.77 bits per heavy atom. The smallest absolute Gasteiger partial charge is 0.159 e. The third-order valence-electron chi connectivity index (χ3n) is 5.15. The Balaban J connectivity index is 1.51. The fourth-order valence-electron chi connectivity index (χ4n) is 3.70. The molecule has 0 radical (unpaired) electrons. The first-order valence-electron chi connectivity index (χ1n) is 9.65. The first-order valence-corrected chi connectivity index (χ1v) is 9.65. The summed E-state index contributed by atoms with van der Waals surface area (Å²) in [5.74, 6) is 0.759. The summed E-state index contributed by atoms with van der Waals surface area (Å²) < 4.78 is 0. The van der Waals surface area contributed by atoms with Crippen molar-refractivity contribution in [1.82, 2.24) is 35.1 Å². The summed E-state index contributed by atoms with van der Waals surface area (Å²) in [6.45, 7) is 0. The van der Waals surface area contributed by atoms with Crippen molar-refractivity contribution in [2.75, 3.05) is 0 Å². The highest BCUT2D eigenvalue weighted by Crippen LogP contribution is 2.32. The van der Waals surface area contributed by atoms with E-state index in [2.05, 4.69) is 30.1 Å². The van der Waals surface area contributed by atoms with E-state index >= 15 is 0 Å². The maximum absolute atomic E-state index is 9.77. The van der Waals surface area contributed by atoms with Crippen LogP contribution in [0.4, 0.5) is 0 Å². The van der Waals surface area contributed by atoms with E-state index in [-0.39, 0.29) is 5.75 Å². The Kier molecular flexibility index (Phi) is 3.76. The van der Waals surface area contributed by atoms with Crippen LogP contribution in [0, 0.1) is 0 Å². The number of H-pyrrole nitrogens is 2. The van der Waals surface area contributed by atoms with Crippen molar-refractivity contribution >= 4 is 21.9 Å². The quantitative estimate of drug-likeness (QED) is 0.403. The summed E-state index contributed by atoms with van der Waals surface area (Å²) in [4.78, 5) is 21.1. The van der Waals surface area contributed by atoms with Crippen LogP contribution >= 0.6 is 0 Å². The number of hydrogen-bond donors (Lipinski definition) is 3. The van der Waals surface area contributed by atoms with Crippen LogP contribution in [0.5, 0.6) is 5.75 Å². The van der Waals surface area contributed by atoms with Gasteiger partial charge in [-0.1, -0.05) is 12.1 Å². The van der Waals surface area contributed by atoms with Crippen LogP contribution in [-0.4, -0.2) is 40.2 Å². The van der Waals surface area contributed by atoms with Crippen LogP contribution in [0.15, 0.2) is 73.3 Å². The maximum atomic E-state index is 9.77. The Morgan fingerprint density at radius 1 is 0.806 bits per heavy atom. The molecule has 0 unspecified atom stereocenters. The lowest BCUT2D eigenvalue weighted by Gasteiger charge is -2.02. The van der Waals surface area contributed by atoms with Crippen molar-refractivity contribution in [2.24, 2.45) is 0 Å². The molecule has 0 atom stereocenters. The minimum Gasteiger partial charge on any atom is -0.506 e. The van der Waals surface area contributed by atoms with Gasteiger partial charge in [0, 0.05) is 29.5 Å². The molecule has 0 amide bonds. The van der Waals surface area contributed by atoms with Crippen LogP contribution in [0.3, 0.4) is 0 Å². The lowest BCUT2D eigenvalue weighted by molar-refractivity contribution is 0.473. The van der Waals surface area contributed by atoms with E-state index in [1.165, 1.54) is 6.20 Å². The molecule has 0 aliphatic carbocycles. The van der Waals surface area contributed by atoms with Crippen LogP contribution in [0.25, 0.3) is 56.0 Å². The Bertz CT molecular complexity index is 1550. The predicted molar refractivity (Wildman–Crippen MR) is 117 cm³/mol. The monoisotopic (exact) mass is 405 g/mol. The van der Waals surface area contributed by atoms with Crippen molar-refractivity contribution in [3.05, 3.63) is 73.3 Å². The van der Waals surface area contributed by atoms with E-state index in [1.807, 2.05) is 42.5 Å². The van der Waals surface area contributed by atoms with Gasteiger partial charge in [0.25, 0.3) is 0 Å². The molecule has 0 spiro atoms. The summed E-state index contributed by atoms with van der Waals surface area (Å²) >= 11 is 0. The van der Waals surface area contributed by atoms with Gasteiger partial charge in [0.15, 0.2) is 5.82 Å². The van der Waals surface area contributed by atoms with Crippen molar-refractivity contribution in [3.8, 4) is 39.8 Å². The van der Waals surface area contributed by atoms with Crippen LogP contribution in [0.1, 0.15) is 0 Å². The SMILES string of the molecule is Oc1cncc(-c2ccc3[nH]nc(-c4nc5c(-c6ccccn6)nccc5[nH]4)c3c2)c1. The molecule has 0 aliphatic rings. The van der Waals surface area contributed by atoms with Gasteiger partial charge >= 0.3 is 0 Å². The fraction of sp³-hybridized carbons (Fsp3) is 0. The van der Waals surface area contributed by atoms with E-state index in [4.69, 9.17) is 4.98 Å². The van der Waals surface area contributed by atoms with Gasteiger partial charge in [0.2, 0.25) is 0 Å². The van der Waals surface area contributed by atoms with E-state index in [1.54, 1.807) is 24.7 Å². The van der Waals surface area contributed by atoms with E-state index in [0.717, 1.165) is 38.8 Å². The van der Waals surface area contributed by atoms with Crippen LogP contribution in [0.2, 0.25) is 0 Å². The molecular weight excluding hydrogens is 390 g/mol. The number of imidazole rings is 1. The molecule has 148 valence electrons. The van der Waals surface area contributed by atoms with Gasteiger partial charge < -0.3 is 10.1 Å². The molecule has 0 fully saturated rings. The average molecular weight is 405 g/mol. The molecule has 5 heterocycles. The highest BCUT2D eigenvalue weighted by Gasteiger charge is 2.16. The molecule has 0 saturated heterocycles. The number of rotatable bonds is 3. The molecule has 8 heteroatoms. The normalized spacial score (nSPS) is 11.4. The van der Waals surface area contributed by atoms with Crippen LogP contribution < -0.4 is 0 Å². The second-order valence-corrected chi connectivity index (χ2v) is 7.12. The van der Waals surface area contributed by atoms with E-state index in [0.29, 0.717) is 17.2 Å². The summed E-state index contributed by atoms with van der Waals surface area (Å²) in [6.07, 6.45) is 6.60. The molecule has 6 aromatic rings. The molecule has 5 aromatic heterocycles. The van der Waals surface area contributed by atoms with E-state index in [9.17, 15) is 5.11 Å². The highest BCUT2D eigenvalue weighted by molar-refractivity contribution is 5.97. The number of hydrogen-bond acceptors (Lipinski definition) is 6. The van der Waals surface area contributed by atoms with Gasteiger partial charge in [-0.15, -0.1) is 0 Å². The molecular formula is C23H15N7O. The maximum Gasteiger partial charge on any atom is 0.159 e. The lowest BCUT2D eigenvalue weighted by Crippen LogP contribution is -1.88. The Morgan fingerprint density at radius 3 is 2.65 bits per heavy atom. The molecule has 6 rings (SSSR count). The zero-order valence-electron chi connectivity index (χ0n) is 16.1. The number of nitrogens with one attached hydrogen (secondary N) is 2. The summed E-state index contributed by atoms with van der Waals surface area (Å²) in [6, 6.07) is 15.2. The number of fused-ring (bicyclic) bond motifs is 2. The van der Waals surface area contributed by atoms with Crippen molar-refractivity contribution < 1.29 is 5.11 Å². The molecule has 3 N–H and O–H groups in total. The molecule has 0 saturated carbocycles. The number of pyridine rings is 3. The Labute approximate surface area is 175 Å². The minimum absolute atomic E-state index is 0.122. The van der Waals surface area contributed by atoms with Crippen molar-refractivity contribution in [3.63, 3.8) is 0 Å². The average Bonchev–Trinajstić information content (AvgIpc) is 3.43. The number of nitrogens with zero attached hydrogens (tertiary/aromatic N) is 5. The van der Waals surface area contributed by atoms with Crippen molar-refractivity contribution in [2.45, 2.75) is 0 Å². The molecule has 0 aliphatic heterocycles. The van der Waals surface area contributed by atoms with Gasteiger partial charge in [-0.2, -0.15) is 5.10 Å². The number of aromatic hydroxyl groups is 1. The summed E-state index contributed by atoms with van der Waals surface area (Å²) in [5, 5.41) is 18.2. The lowest BCUT2D eigenvalue weighted by atomic mass is 10.0. The molecule has 0 bridgehead atoms. The first kappa shape index (κ1) is 17.3. The predicted octanol–water partition coefficient (Wildman–Crippen LogP) is 4.33. The molecule has 8 nitrogen and oxygen atoms in total. The third-order valence-corrected chi connectivity index (χ3v) is 5.15.